The van der Waals surface area contributed by atoms with E-state index in [9.17, 15) is 24.0 Å². The van der Waals surface area contributed by atoms with Crippen molar-refractivity contribution in [3.8, 4) is 0 Å². The van der Waals surface area contributed by atoms with Crippen molar-refractivity contribution in [1.82, 2.24) is 0 Å². The highest BCUT2D eigenvalue weighted by molar-refractivity contribution is 7.47. The van der Waals surface area contributed by atoms with Gasteiger partial charge in [0.05, 0.1) is 25.4 Å². The average Bonchev–Trinajstić information content (AvgIpc) is 2.96. The van der Waals surface area contributed by atoms with Gasteiger partial charge in [0.15, 0.2) is 0 Å². The Morgan fingerprint density at radius 2 is 1.48 bits per heavy atom. The molecule has 25 heavy (non-hydrogen) atoms. The summed E-state index contributed by atoms with van der Waals surface area (Å²) >= 11 is 0. The lowest BCUT2D eigenvalue weighted by Gasteiger charge is -2.23. The topological polar surface area (TPSA) is 150 Å². The Balaban J connectivity index is 1.83. The van der Waals surface area contributed by atoms with Crippen LogP contribution in [0.25, 0.3) is 0 Å². The van der Waals surface area contributed by atoms with Crippen molar-refractivity contribution in [2.75, 3.05) is 13.2 Å². The summed E-state index contributed by atoms with van der Waals surface area (Å²) in [6.45, 7) is 2.39. The number of aliphatic hydroxyl groups is 1. The van der Waals surface area contributed by atoms with Crippen molar-refractivity contribution in [2.45, 2.75) is 63.0 Å². The van der Waals surface area contributed by atoms with Crippen molar-refractivity contribution in [2.24, 2.45) is 0 Å². The fourth-order valence-corrected chi connectivity index (χ4v) is 5.07. The molecule has 146 valence electrons. The molecule has 2 bridgehead atoms. The van der Waals surface area contributed by atoms with Crippen molar-refractivity contribution in [1.29, 1.82) is 0 Å². The van der Waals surface area contributed by atoms with E-state index in [1.165, 1.54) is 6.92 Å². The molecule has 0 saturated carbocycles. The molecule has 0 aromatic rings. The molecule has 3 heterocycles. The minimum absolute atomic E-state index is 0.279. The summed E-state index contributed by atoms with van der Waals surface area (Å²) in [5, 5.41) is 10.2. The Hall–Kier alpha value is 0.1000. The lowest BCUT2D eigenvalue weighted by Crippen LogP contribution is -2.35. The zero-order chi connectivity index (χ0) is 18.4. The van der Waals surface area contributed by atoms with Gasteiger partial charge in [-0.2, -0.15) is 0 Å². The van der Waals surface area contributed by atoms with Crippen molar-refractivity contribution in [3.63, 3.8) is 0 Å². The van der Waals surface area contributed by atoms with E-state index in [-0.39, 0.29) is 12.5 Å². The minimum Gasteiger partial charge on any atom is -0.387 e. The Kier molecular flexibility index (Phi) is 5.76. The van der Waals surface area contributed by atoms with Crippen LogP contribution in [-0.2, 0) is 36.7 Å². The zero-order valence-electron chi connectivity index (χ0n) is 13.7. The lowest BCUT2D eigenvalue weighted by molar-refractivity contribution is -0.0380. The van der Waals surface area contributed by atoms with Crippen LogP contribution < -0.4 is 0 Å². The van der Waals surface area contributed by atoms with E-state index in [0.717, 1.165) is 0 Å². The first-order valence-corrected chi connectivity index (χ1v) is 10.9. The molecule has 3 aliphatic rings. The molecule has 0 spiro atoms. The number of hydrogen-bond acceptors (Lipinski definition) is 9. The minimum atomic E-state index is -4.52. The molecule has 9 atom stereocenters. The van der Waals surface area contributed by atoms with E-state index in [0.29, 0.717) is 0 Å². The molecule has 3 N–H and O–H groups in total. The smallest absolute Gasteiger partial charge is 0.387 e. The number of phosphoric acid groups is 2. The third-order valence-electron chi connectivity index (χ3n) is 4.28. The summed E-state index contributed by atoms with van der Waals surface area (Å²) in [6, 6.07) is 0. The monoisotopic (exact) mass is 404 g/mol. The van der Waals surface area contributed by atoms with Crippen LogP contribution in [0.2, 0.25) is 0 Å². The molecule has 0 aromatic heterocycles. The summed E-state index contributed by atoms with van der Waals surface area (Å²) in [5.41, 5.74) is 0. The van der Waals surface area contributed by atoms with Crippen LogP contribution in [0.4, 0.5) is 0 Å². The maximum Gasteiger partial charge on any atom is 0.472 e. The van der Waals surface area contributed by atoms with E-state index < -0.39 is 65.5 Å². The Morgan fingerprint density at radius 1 is 0.880 bits per heavy atom. The number of phosphoric ester groups is 2. The maximum atomic E-state index is 12.1. The molecular weight excluding hydrogens is 382 g/mol. The standard InChI is InChI=1S/C12H22O11P2/c1-6-3-8-9(20-6)4-18-25(16,17)23-12-7(2)21-10(11(12)13)5-19-24(14,15)22-8/h6-13H,3-5H2,1-2H3,(H,14,15)(H,16,17). The first-order chi connectivity index (χ1) is 11.6. The fraction of sp³-hybridized carbons (Fsp3) is 1.00. The Labute approximate surface area is 144 Å². The van der Waals surface area contributed by atoms with E-state index in [1.54, 1.807) is 6.92 Å². The van der Waals surface area contributed by atoms with Crippen LogP contribution in [-0.4, -0.2) is 70.8 Å². The fourth-order valence-electron chi connectivity index (χ4n) is 3.11. The largest absolute Gasteiger partial charge is 0.472 e. The van der Waals surface area contributed by atoms with E-state index >= 15 is 0 Å². The van der Waals surface area contributed by atoms with Crippen LogP contribution >= 0.6 is 15.6 Å². The second kappa shape index (κ2) is 7.26. The maximum absolute atomic E-state index is 12.1. The molecule has 3 rings (SSSR count). The number of fused-ring (bicyclic) bond motifs is 3. The van der Waals surface area contributed by atoms with Gasteiger partial charge in [-0.15, -0.1) is 0 Å². The predicted molar refractivity (Wildman–Crippen MR) is 80.6 cm³/mol. The number of aliphatic hydroxyl groups excluding tert-OH is 1. The van der Waals surface area contributed by atoms with Gasteiger partial charge >= 0.3 is 15.6 Å². The van der Waals surface area contributed by atoms with E-state index in [4.69, 9.17) is 27.6 Å². The van der Waals surface area contributed by atoms with Crippen LogP contribution in [0.3, 0.4) is 0 Å². The second-order valence-electron chi connectivity index (χ2n) is 6.33. The highest BCUT2D eigenvalue weighted by Crippen LogP contribution is 2.51. The van der Waals surface area contributed by atoms with Gasteiger partial charge in [0.2, 0.25) is 0 Å². The van der Waals surface area contributed by atoms with E-state index in [1.807, 2.05) is 0 Å². The van der Waals surface area contributed by atoms with Crippen LogP contribution in [0, 0.1) is 0 Å². The summed E-state index contributed by atoms with van der Waals surface area (Å²) in [7, 11) is -8.98. The molecule has 3 aliphatic heterocycles. The molecule has 0 aromatic carbocycles. The van der Waals surface area contributed by atoms with Gasteiger partial charge in [-0.05, 0) is 13.8 Å². The van der Waals surface area contributed by atoms with Crippen molar-refractivity contribution < 1.29 is 51.6 Å². The van der Waals surface area contributed by atoms with E-state index in [2.05, 4.69) is 0 Å². The molecular formula is C12H22O11P2. The predicted octanol–water partition coefficient (Wildman–Crippen LogP) is 0.330. The Morgan fingerprint density at radius 3 is 2.16 bits per heavy atom. The van der Waals surface area contributed by atoms with Crippen LogP contribution in [0.1, 0.15) is 20.3 Å². The Bertz CT molecular complexity index is 585. The van der Waals surface area contributed by atoms with Crippen LogP contribution in [0.15, 0.2) is 0 Å². The average molecular weight is 404 g/mol. The van der Waals surface area contributed by atoms with Gasteiger partial charge in [0.1, 0.15) is 30.5 Å². The third-order valence-corrected chi connectivity index (χ3v) is 6.28. The van der Waals surface area contributed by atoms with Gasteiger partial charge < -0.3 is 24.4 Å². The summed E-state index contributed by atoms with van der Waals surface area (Å²) in [4.78, 5) is 19.8. The zero-order valence-corrected chi connectivity index (χ0v) is 15.5. The van der Waals surface area contributed by atoms with Gasteiger partial charge in [-0.25, -0.2) is 9.13 Å². The first-order valence-electron chi connectivity index (χ1n) is 7.87. The molecule has 0 aliphatic carbocycles. The van der Waals surface area contributed by atoms with Crippen molar-refractivity contribution in [3.05, 3.63) is 0 Å². The number of rotatable bonds is 0. The second-order valence-corrected chi connectivity index (χ2v) is 9.15. The first kappa shape index (κ1) is 19.9. The van der Waals surface area contributed by atoms with Crippen LogP contribution in [0.5, 0.6) is 0 Å². The molecule has 3 saturated heterocycles. The molecule has 9 unspecified atom stereocenters. The number of ether oxygens (including phenoxy) is 2. The molecule has 0 amide bonds. The lowest BCUT2D eigenvalue weighted by atomic mass is 10.1. The summed E-state index contributed by atoms with van der Waals surface area (Å²) < 4.78 is 55.1. The normalized spacial score (nSPS) is 55.0. The summed E-state index contributed by atoms with van der Waals surface area (Å²) in [6.07, 6.45) is -6.04. The van der Waals surface area contributed by atoms with Gasteiger partial charge in [-0.1, -0.05) is 0 Å². The van der Waals surface area contributed by atoms with Gasteiger partial charge in [0.25, 0.3) is 0 Å². The summed E-state index contributed by atoms with van der Waals surface area (Å²) in [5.74, 6) is 0. The third kappa shape index (κ3) is 4.69. The quantitative estimate of drug-likeness (QED) is 0.479. The number of hydrogen-bond donors (Lipinski definition) is 3. The van der Waals surface area contributed by atoms with Crippen molar-refractivity contribution >= 4 is 15.6 Å². The SMILES string of the molecule is CC1CC2OP(=O)(O)OCC3OC(C)C(OP(=O)(O)OCC2O1)C3O. The highest BCUT2D eigenvalue weighted by Gasteiger charge is 2.48. The molecule has 0 radical (unpaired) electrons. The molecule has 11 nitrogen and oxygen atoms in total. The van der Waals surface area contributed by atoms with Gasteiger partial charge in [0, 0.05) is 6.42 Å². The molecule has 13 heteroatoms. The van der Waals surface area contributed by atoms with Gasteiger partial charge in [-0.3, -0.25) is 18.1 Å². The highest BCUT2D eigenvalue weighted by atomic mass is 31.2. The molecule has 3 fully saturated rings.